The summed E-state index contributed by atoms with van der Waals surface area (Å²) >= 11 is 0. The van der Waals surface area contributed by atoms with Gasteiger partial charge in [-0.3, -0.25) is 0 Å². The predicted molar refractivity (Wildman–Crippen MR) is 60.2 cm³/mol. The first-order valence-electron chi connectivity index (χ1n) is 4.96. The third kappa shape index (κ3) is 2.13. The summed E-state index contributed by atoms with van der Waals surface area (Å²) in [6, 6.07) is 5.54. The average molecular weight is 233 g/mol. The van der Waals surface area contributed by atoms with E-state index < -0.39 is 5.97 Å². The first-order valence-corrected chi connectivity index (χ1v) is 4.96. The van der Waals surface area contributed by atoms with Crippen LogP contribution in [0.3, 0.4) is 0 Å². The Labute approximate surface area is 97.7 Å². The van der Waals surface area contributed by atoms with Crippen molar-refractivity contribution in [2.45, 2.75) is 6.92 Å². The summed E-state index contributed by atoms with van der Waals surface area (Å²) in [5, 5.41) is 8.73. The summed E-state index contributed by atoms with van der Waals surface area (Å²) in [6.45, 7) is 1.94. The van der Waals surface area contributed by atoms with E-state index in [0.29, 0.717) is 17.1 Å². The number of benzene rings is 1. The molecule has 0 amide bonds. The van der Waals surface area contributed by atoms with Gasteiger partial charge in [0.05, 0.1) is 18.9 Å². The van der Waals surface area contributed by atoms with Crippen LogP contribution in [0.2, 0.25) is 0 Å². The molecule has 2 rings (SSSR count). The molecule has 1 heterocycles. The van der Waals surface area contributed by atoms with Gasteiger partial charge in [0.15, 0.2) is 5.76 Å². The average Bonchev–Trinajstić information content (AvgIpc) is 2.78. The molecule has 17 heavy (non-hydrogen) atoms. The van der Waals surface area contributed by atoms with Crippen molar-refractivity contribution >= 4 is 5.97 Å². The van der Waals surface area contributed by atoms with Gasteiger partial charge in [0, 0.05) is 0 Å². The van der Waals surface area contributed by atoms with Crippen LogP contribution in [0, 0.1) is 6.92 Å². The van der Waals surface area contributed by atoms with Gasteiger partial charge in [0.1, 0.15) is 5.75 Å². The third-order valence-electron chi connectivity index (χ3n) is 2.31. The molecule has 88 valence electrons. The van der Waals surface area contributed by atoms with Crippen LogP contribution in [0.1, 0.15) is 16.2 Å². The number of aryl methyl sites for hydroxylation is 1. The first-order chi connectivity index (χ1) is 8.11. The molecule has 0 radical (unpaired) electrons. The van der Waals surface area contributed by atoms with E-state index in [1.807, 2.05) is 19.1 Å². The highest BCUT2D eigenvalue weighted by atomic mass is 16.5. The minimum absolute atomic E-state index is 0.331. The molecule has 0 bridgehead atoms. The zero-order valence-electron chi connectivity index (χ0n) is 9.43. The monoisotopic (exact) mass is 233 g/mol. The van der Waals surface area contributed by atoms with Gasteiger partial charge in [-0.15, -0.1) is 0 Å². The van der Waals surface area contributed by atoms with Crippen molar-refractivity contribution in [3.05, 3.63) is 35.9 Å². The van der Waals surface area contributed by atoms with Gasteiger partial charge in [0.25, 0.3) is 0 Å². The van der Waals surface area contributed by atoms with Crippen LogP contribution < -0.4 is 4.74 Å². The Kier molecular flexibility index (Phi) is 2.82. The smallest absolute Gasteiger partial charge is 0.392 e. The topological polar surface area (TPSA) is 72.6 Å². The van der Waals surface area contributed by atoms with Crippen molar-refractivity contribution in [1.29, 1.82) is 0 Å². The molecule has 0 aliphatic rings. The number of carboxylic acid groups (broad SMARTS) is 1. The number of hydrogen-bond donors (Lipinski definition) is 1. The number of nitrogens with zero attached hydrogens (tertiary/aromatic N) is 1. The number of carbonyl (C=O) groups is 1. The van der Waals surface area contributed by atoms with Crippen molar-refractivity contribution in [1.82, 2.24) is 4.98 Å². The quantitative estimate of drug-likeness (QED) is 0.880. The lowest BCUT2D eigenvalue weighted by atomic mass is 10.1. The molecule has 1 aromatic carbocycles. The molecule has 0 spiro atoms. The molecule has 0 atom stereocenters. The Morgan fingerprint density at radius 1 is 1.47 bits per heavy atom. The highest BCUT2D eigenvalue weighted by Gasteiger charge is 2.15. The summed E-state index contributed by atoms with van der Waals surface area (Å²) in [7, 11) is 1.55. The van der Waals surface area contributed by atoms with E-state index in [9.17, 15) is 4.79 Å². The molecule has 0 unspecified atom stereocenters. The summed E-state index contributed by atoms with van der Waals surface area (Å²) in [5.41, 5.74) is 1.72. The summed E-state index contributed by atoms with van der Waals surface area (Å²) in [6.07, 6.45) is 1.37. The van der Waals surface area contributed by atoms with Crippen molar-refractivity contribution in [2.24, 2.45) is 0 Å². The fraction of sp³-hybridized carbons (Fsp3) is 0.167. The number of ether oxygens (including phenoxy) is 1. The fourth-order valence-corrected chi connectivity index (χ4v) is 1.50. The highest BCUT2D eigenvalue weighted by Crippen LogP contribution is 2.31. The van der Waals surface area contributed by atoms with Crippen LogP contribution in [0.25, 0.3) is 11.3 Å². The van der Waals surface area contributed by atoms with Crippen molar-refractivity contribution in [2.75, 3.05) is 7.11 Å². The van der Waals surface area contributed by atoms with Gasteiger partial charge in [-0.05, 0) is 24.6 Å². The Hall–Kier alpha value is -2.30. The van der Waals surface area contributed by atoms with Gasteiger partial charge < -0.3 is 14.3 Å². The van der Waals surface area contributed by atoms with Crippen LogP contribution in [0.4, 0.5) is 0 Å². The largest absolute Gasteiger partial charge is 0.496 e. The molecular formula is C12H11NO4. The highest BCUT2D eigenvalue weighted by molar-refractivity contribution is 5.83. The number of oxazole rings is 1. The Balaban J connectivity index is 2.48. The van der Waals surface area contributed by atoms with Crippen molar-refractivity contribution < 1.29 is 19.1 Å². The Morgan fingerprint density at radius 3 is 2.82 bits per heavy atom. The summed E-state index contributed by atoms with van der Waals surface area (Å²) in [5.74, 6) is -0.526. The summed E-state index contributed by atoms with van der Waals surface area (Å²) in [4.78, 5) is 14.3. The molecule has 0 saturated heterocycles. The standard InChI is InChI=1S/C12H11NO4/c1-7-3-4-8(9(5-7)16-2)10-6-13-11(17-10)12(14)15/h3-6H,1-2H3,(H,14,15). The number of rotatable bonds is 3. The molecule has 0 aliphatic heterocycles. The SMILES string of the molecule is COc1cc(C)ccc1-c1cnc(C(=O)O)o1. The van der Waals surface area contributed by atoms with Crippen LogP contribution in [-0.4, -0.2) is 23.2 Å². The summed E-state index contributed by atoms with van der Waals surface area (Å²) < 4.78 is 10.3. The maximum absolute atomic E-state index is 10.7. The first kappa shape index (κ1) is 11.2. The molecule has 1 aromatic heterocycles. The van der Waals surface area contributed by atoms with Gasteiger partial charge >= 0.3 is 11.9 Å². The fourth-order valence-electron chi connectivity index (χ4n) is 1.50. The van der Waals surface area contributed by atoms with Crippen LogP contribution in [0.5, 0.6) is 5.75 Å². The molecule has 1 N–H and O–H groups in total. The van der Waals surface area contributed by atoms with E-state index in [1.54, 1.807) is 13.2 Å². The molecule has 0 fully saturated rings. The maximum Gasteiger partial charge on any atom is 0.392 e. The minimum Gasteiger partial charge on any atom is -0.496 e. The minimum atomic E-state index is -1.19. The van der Waals surface area contributed by atoms with E-state index in [1.165, 1.54) is 6.20 Å². The lowest BCUT2D eigenvalue weighted by molar-refractivity contribution is 0.0654. The van der Waals surface area contributed by atoms with E-state index >= 15 is 0 Å². The van der Waals surface area contributed by atoms with Gasteiger partial charge in [-0.25, -0.2) is 9.78 Å². The molecule has 0 aliphatic carbocycles. The van der Waals surface area contributed by atoms with Crippen molar-refractivity contribution in [3.8, 4) is 17.1 Å². The molecule has 5 heteroatoms. The molecule has 5 nitrogen and oxygen atoms in total. The van der Waals surface area contributed by atoms with E-state index in [-0.39, 0.29) is 5.89 Å². The van der Waals surface area contributed by atoms with Crippen LogP contribution in [-0.2, 0) is 0 Å². The zero-order valence-corrected chi connectivity index (χ0v) is 9.43. The van der Waals surface area contributed by atoms with Gasteiger partial charge in [0.2, 0.25) is 0 Å². The molecular weight excluding hydrogens is 222 g/mol. The number of hydrogen-bond acceptors (Lipinski definition) is 4. The van der Waals surface area contributed by atoms with E-state index in [0.717, 1.165) is 5.56 Å². The third-order valence-corrected chi connectivity index (χ3v) is 2.31. The second-order valence-corrected chi connectivity index (χ2v) is 3.54. The lowest BCUT2D eigenvalue weighted by Crippen LogP contribution is -1.94. The Morgan fingerprint density at radius 2 is 2.24 bits per heavy atom. The number of carboxylic acids is 1. The van der Waals surface area contributed by atoms with Crippen LogP contribution >= 0.6 is 0 Å². The number of aromatic carboxylic acids is 1. The van der Waals surface area contributed by atoms with Gasteiger partial charge in [-0.2, -0.15) is 0 Å². The van der Waals surface area contributed by atoms with Crippen molar-refractivity contribution in [3.63, 3.8) is 0 Å². The predicted octanol–water partition coefficient (Wildman–Crippen LogP) is 2.36. The van der Waals surface area contributed by atoms with E-state index in [2.05, 4.69) is 4.98 Å². The lowest BCUT2D eigenvalue weighted by Gasteiger charge is -2.06. The number of methoxy groups -OCH3 is 1. The van der Waals surface area contributed by atoms with E-state index in [4.69, 9.17) is 14.3 Å². The second-order valence-electron chi connectivity index (χ2n) is 3.54. The maximum atomic E-state index is 10.7. The number of aromatic nitrogens is 1. The zero-order chi connectivity index (χ0) is 12.4. The van der Waals surface area contributed by atoms with Crippen LogP contribution in [0.15, 0.2) is 28.8 Å². The molecule has 0 saturated carbocycles. The normalized spacial score (nSPS) is 10.2. The molecule has 2 aromatic rings. The second kappa shape index (κ2) is 4.29. The van der Waals surface area contributed by atoms with Gasteiger partial charge in [-0.1, -0.05) is 6.07 Å². The Bertz CT molecular complexity index is 559.